The highest BCUT2D eigenvalue weighted by Gasteiger charge is 2.15. The Bertz CT molecular complexity index is 332. The normalized spacial score (nSPS) is 8.54. The van der Waals surface area contributed by atoms with E-state index in [1.54, 1.807) is 18.2 Å². The zero-order chi connectivity index (χ0) is 9.68. The van der Waals surface area contributed by atoms with Crippen LogP contribution in [-0.2, 0) is 0 Å². The van der Waals surface area contributed by atoms with Crippen molar-refractivity contribution in [2.45, 2.75) is 0 Å². The van der Waals surface area contributed by atoms with Gasteiger partial charge in [-0.15, -0.1) is 0 Å². The Hall–Kier alpha value is -2.29. The lowest BCUT2D eigenvalue weighted by Crippen LogP contribution is -2.39. The average molecular weight is 178 g/mol. The molecule has 0 bridgehead atoms. The quantitative estimate of drug-likeness (QED) is 0.318. The molecule has 1 rings (SSSR count). The Kier molecular flexibility index (Phi) is 2.65. The number of rotatable bonds is 3. The van der Waals surface area contributed by atoms with Crippen molar-refractivity contribution >= 4 is 5.69 Å². The third-order valence-corrected chi connectivity index (χ3v) is 1.32. The Morgan fingerprint density at radius 2 is 2.08 bits per heavy atom. The number of nitriles is 1. The molecule has 0 aliphatic rings. The van der Waals surface area contributed by atoms with Crippen molar-refractivity contribution in [1.82, 2.24) is 5.43 Å². The van der Waals surface area contributed by atoms with E-state index in [2.05, 4.69) is 0 Å². The van der Waals surface area contributed by atoms with Crippen LogP contribution in [0.15, 0.2) is 30.3 Å². The van der Waals surface area contributed by atoms with Gasteiger partial charge in [0.2, 0.25) is 6.19 Å². The van der Waals surface area contributed by atoms with Crippen LogP contribution < -0.4 is 10.5 Å². The molecule has 0 unspecified atom stereocenters. The van der Waals surface area contributed by atoms with E-state index in [0.29, 0.717) is 10.8 Å². The lowest BCUT2D eigenvalue weighted by atomic mass is 10.3. The van der Waals surface area contributed by atoms with E-state index in [9.17, 15) is 10.1 Å². The molecule has 0 amide bonds. The first-order chi connectivity index (χ1) is 6.25. The number of benzene rings is 1. The fourth-order valence-electron chi connectivity index (χ4n) is 0.816. The van der Waals surface area contributed by atoms with Crippen LogP contribution >= 0.6 is 0 Å². The van der Waals surface area contributed by atoms with Gasteiger partial charge in [0.25, 0.3) is 0 Å². The second-order valence-corrected chi connectivity index (χ2v) is 2.11. The van der Waals surface area contributed by atoms with E-state index in [-0.39, 0.29) is 0 Å². The van der Waals surface area contributed by atoms with Crippen LogP contribution in [0.5, 0.6) is 0 Å². The third-order valence-electron chi connectivity index (χ3n) is 1.32. The summed E-state index contributed by atoms with van der Waals surface area (Å²) < 4.78 is 0. The molecule has 0 heterocycles. The molecule has 1 aromatic carbocycles. The van der Waals surface area contributed by atoms with Crippen LogP contribution in [0.25, 0.3) is 0 Å². The summed E-state index contributed by atoms with van der Waals surface area (Å²) in [4.78, 5) is 10.4. The van der Waals surface area contributed by atoms with Crippen molar-refractivity contribution in [1.29, 1.82) is 5.26 Å². The van der Waals surface area contributed by atoms with E-state index in [1.807, 2.05) is 5.43 Å². The summed E-state index contributed by atoms with van der Waals surface area (Å²) in [6.45, 7) is 0. The van der Waals surface area contributed by atoms with E-state index in [4.69, 9.17) is 5.26 Å². The predicted molar refractivity (Wildman–Crippen MR) is 44.7 cm³/mol. The smallest absolute Gasteiger partial charge is 0.202 e. The maximum absolute atomic E-state index is 10.4. The Morgan fingerprint density at radius 3 is 2.54 bits per heavy atom. The lowest BCUT2D eigenvalue weighted by Gasteiger charge is -2.09. The zero-order valence-electron chi connectivity index (χ0n) is 6.54. The van der Waals surface area contributed by atoms with Crippen LogP contribution in [0, 0.1) is 21.6 Å². The molecule has 0 atom stereocenters. The Balaban J connectivity index is 2.90. The number of hydrazine groups is 2. The number of hydrogen-bond acceptors (Lipinski definition) is 4. The van der Waals surface area contributed by atoms with E-state index >= 15 is 0 Å². The van der Waals surface area contributed by atoms with Gasteiger partial charge in [-0.25, -0.2) is 10.1 Å². The van der Waals surface area contributed by atoms with Gasteiger partial charge in [-0.3, -0.25) is 0 Å². The summed E-state index contributed by atoms with van der Waals surface area (Å²) in [5, 5.41) is 18.5. The average Bonchev–Trinajstić information content (AvgIpc) is 2.15. The summed E-state index contributed by atoms with van der Waals surface area (Å²) in [5.74, 6) is 0. The zero-order valence-corrected chi connectivity index (χ0v) is 6.54. The number of nitrogens with zero attached hydrogens (tertiary/aromatic N) is 3. The van der Waals surface area contributed by atoms with Crippen molar-refractivity contribution in [3.8, 4) is 6.19 Å². The number of para-hydroxylation sites is 1. The number of anilines is 1. The van der Waals surface area contributed by atoms with Crippen molar-refractivity contribution in [3.05, 3.63) is 40.4 Å². The Labute approximate surface area is 74.1 Å². The molecule has 66 valence electrons. The first kappa shape index (κ1) is 8.80. The first-order valence-electron chi connectivity index (χ1n) is 3.40. The van der Waals surface area contributed by atoms with Crippen LogP contribution in [0.4, 0.5) is 5.69 Å². The minimum Gasteiger partial charge on any atom is -0.233 e. The predicted octanol–water partition coefficient (Wildman–Crippen LogP) is 0.670. The monoisotopic (exact) mass is 178 g/mol. The summed E-state index contributed by atoms with van der Waals surface area (Å²) in [5.41, 5.74) is 2.24. The molecule has 13 heavy (non-hydrogen) atoms. The SMILES string of the molecule is N#CNN(c1ccccc1)[N+](=O)[O-]. The lowest BCUT2D eigenvalue weighted by molar-refractivity contribution is -0.501. The van der Waals surface area contributed by atoms with E-state index < -0.39 is 5.03 Å². The minimum absolute atomic E-state index is 0.300. The molecule has 0 spiro atoms. The highest BCUT2D eigenvalue weighted by molar-refractivity contribution is 5.42. The molecule has 1 aromatic rings. The first-order valence-corrected chi connectivity index (χ1v) is 3.40. The van der Waals surface area contributed by atoms with E-state index in [0.717, 1.165) is 0 Å². The van der Waals surface area contributed by atoms with Gasteiger partial charge in [0.15, 0.2) is 5.03 Å². The Morgan fingerprint density at radius 1 is 1.46 bits per heavy atom. The van der Waals surface area contributed by atoms with Gasteiger partial charge in [0.05, 0.1) is 0 Å². The summed E-state index contributed by atoms with van der Waals surface area (Å²) in [6, 6.07) is 8.06. The fourth-order valence-corrected chi connectivity index (χ4v) is 0.816. The van der Waals surface area contributed by atoms with Gasteiger partial charge in [-0.2, -0.15) is 10.7 Å². The highest BCUT2D eigenvalue weighted by atomic mass is 16.7. The molecule has 1 N–H and O–H groups in total. The summed E-state index contributed by atoms with van der Waals surface area (Å²) in [6.07, 6.45) is 1.48. The molecule has 0 saturated carbocycles. The molecular formula is C7H6N4O2. The second kappa shape index (κ2) is 3.92. The van der Waals surface area contributed by atoms with Gasteiger partial charge < -0.3 is 0 Å². The largest absolute Gasteiger partial charge is 0.233 e. The molecule has 0 aromatic heterocycles. The second-order valence-electron chi connectivity index (χ2n) is 2.11. The molecule has 6 nitrogen and oxygen atoms in total. The molecule has 0 aliphatic carbocycles. The number of nitrogens with one attached hydrogen (secondary N) is 1. The van der Waals surface area contributed by atoms with Gasteiger partial charge in [0, 0.05) is 5.12 Å². The van der Waals surface area contributed by atoms with Crippen LogP contribution in [-0.4, -0.2) is 5.03 Å². The topological polar surface area (TPSA) is 82.2 Å². The summed E-state index contributed by atoms with van der Waals surface area (Å²) >= 11 is 0. The van der Waals surface area contributed by atoms with Crippen LogP contribution in [0.2, 0.25) is 0 Å². The van der Waals surface area contributed by atoms with Crippen molar-refractivity contribution in [2.75, 3.05) is 5.12 Å². The van der Waals surface area contributed by atoms with Crippen molar-refractivity contribution in [3.63, 3.8) is 0 Å². The molecular weight excluding hydrogens is 172 g/mol. The van der Waals surface area contributed by atoms with Gasteiger partial charge in [0.1, 0.15) is 5.69 Å². The van der Waals surface area contributed by atoms with Crippen molar-refractivity contribution in [2.24, 2.45) is 0 Å². The molecule has 0 saturated heterocycles. The third kappa shape index (κ3) is 2.07. The van der Waals surface area contributed by atoms with Gasteiger partial charge >= 0.3 is 0 Å². The highest BCUT2D eigenvalue weighted by Crippen LogP contribution is 2.09. The van der Waals surface area contributed by atoms with Crippen LogP contribution in [0.3, 0.4) is 0 Å². The fraction of sp³-hybridized carbons (Fsp3) is 0. The van der Waals surface area contributed by atoms with E-state index in [1.165, 1.54) is 18.3 Å². The standard InChI is InChI=1S/C7H6N4O2/c8-6-9-10(11(12)13)7-4-2-1-3-5-7/h1-5,9H. The van der Waals surface area contributed by atoms with Crippen molar-refractivity contribution < 1.29 is 5.03 Å². The van der Waals surface area contributed by atoms with Crippen LogP contribution in [0.1, 0.15) is 0 Å². The molecule has 0 aliphatic heterocycles. The number of nitro groups is 1. The maximum Gasteiger partial charge on any atom is 0.202 e. The number of hydrogen-bond donors (Lipinski definition) is 1. The molecule has 0 fully saturated rings. The van der Waals surface area contributed by atoms with Gasteiger partial charge in [-0.05, 0) is 12.1 Å². The maximum atomic E-state index is 10.4. The minimum atomic E-state index is -0.710. The molecule has 0 radical (unpaired) electrons. The van der Waals surface area contributed by atoms with Gasteiger partial charge in [-0.1, -0.05) is 18.2 Å². The summed E-state index contributed by atoms with van der Waals surface area (Å²) in [7, 11) is 0. The molecule has 6 heteroatoms.